The second-order valence-electron chi connectivity index (χ2n) is 15.7. The molecule has 3 heteroatoms. The van der Waals surface area contributed by atoms with Crippen LogP contribution in [-0.2, 0) is 0 Å². The fourth-order valence-corrected chi connectivity index (χ4v) is 9.44. The van der Waals surface area contributed by atoms with Gasteiger partial charge in [0.2, 0.25) is 0 Å². The van der Waals surface area contributed by atoms with Gasteiger partial charge in [0.1, 0.15) is 5.75 Å². The van der Waals surface area contributed by atoms with E-state index in [0.717, 1.165) is 73.1 Å². The maximum absolute atomic E-state index is 7.13. The van der Waals surface area contributed by atoms with Crippen LogP contribution in [0, 0.1) is 0 Å². The first-order valence-electron chi connectivity index (χ1n) is 20.8. The zero-order valence-electron chi connectivity index (χ0n) is 33.2. The molecule has 11 aromatic rings. The van der Waals surface area contributed by atoms with Crippen LogP contribution >= 0.6 is 0 Å². The van der Waals surface area contributed by atoms with Crippen molar-refractivity contribution < 1.29 is 4.74 Å². The smallest absolute Gasteiger partial charge is 0.159 e. The fraction of sp³-hybridized carbons (Fsp3) is 0. The molecule has 0 radical (unpaired) electrons. The van der Waals surface area contributed by atoms with Gasteiger partial charge in [-0.2, -0.15) is 0 Å². The maximum atomic E-state index is 7.13. The van der Waals surface area contributed by atoms with E-state index in [-0.39, 0.29) is 0 Å². The number of benzene rings is 11. The molecule has 0 N–H and O–H groups in total. The SMILES string of the molecule is c1ccc(N(c2ccccc2)c2ccc3c4ccc(-c5cc6c7c(cccc7c5)-c5cccc(N(c7ccccc7)c7ccccc7)c5O6)cc4c4ccccc4c3c2)cc1. The summed E-state index contributed by atoms with van der Waals surface area (Å²) in [5.41, 5.74) is 11.0. The Balaban J connectivity index is 1.00. The molecule has 286 valence electrons. The summed E-state index contributed by atoms with van der Waals surface area (Å²) in [4.78, 5) is 4.62. The van der Waals surface area contributed by atoms with Gasteiger partial charge in [-0.05, 0) is 139 Å². The third-order valence-corrected chi connectivity index (χ3v) is 12.1. The zero-order chi connectivity index (χ0) is 40.3. The normalized spacial score (nSPS) is 11.7. The second-order valence-corrected chi connectivity index (χ2v) is 15.7. The molecular weight excluding hydrogens is 741 g/mol. The van der Waals surface area contributed by atoms with Crippen LogP contribution in [0.15, 0.2) is 231 Å². The highest BCUT2D eigenvalue weighted by atomic mass is 16.5. The minimum atomic E-state index is 0.848. The molecule has 0 saturated heterocycles. The molecule has 1 aliphatic rings. The van der Waals surface area contributed by atoms with E-state index in [1.165, 1.54) is 37.9 Å². The Morgan fingerprint density at radius 2 is 0.803 bits per heavy atom. The largest absolute Gasteiger partial charge is 0.454 e. The van der Waals surface area contributed by atoms with Crippen molar-refractivity contribution in [3.8, 4) is 33.8 Å². The van der Waals surface area contributed by atoms with E-state index in [1.54, 1.807) is 0 Å². The lowest BCUT2D eigenvalue weighted by atomic mass is 9.89. The van der Waals surface area contributed by atoms with Crippen LogP contribution in [-0.4, -0.2) is 0 Å². The Morgan fingerprint density at radius 3 is 1.43 bits per heavy atom. The molecule has 0 fully saturated rings. The molecule has 0 atom stereocenters. The van der Waals surface area contributed by atoms with Crippen molar-refractivity contribution in [3.05, 3.63) is 231 Å². The van der Waals surface area contributed by atoms with Gasteiger partial charge in [-0.25, -0.2) is 0 Å². The monoisotopic (exact) mass is 778 g/mol. The summed E-state index contributed by atoms with van der Waals surface area (Å²) in [7, 11) is 0. The van der Waals surface area contributed by atoms with Gasteiger partial charge >= 0.3 is 0 Å². The lowest BCUT2D eigenvalue weighted by Gasteiger charge is -2.30. The molecule has 11 aromatic carbocycles. The van der Waals surface area contributed by atoms with Crippen molar-refractivity contribution in [2.24, 2.45) is 0 Å². The van der Waals surface area contributed by atoms with E-state index >= 15 is 0 Å². The van der Waals surface area contributed by atoms with E-state index in [1.807, 2.05) is 0 Å². The maximum Gasteiger partial charge on any atom is 0.159 e. The van der Waals surface area contributed by atoms with Gasteiger partial charge in [0.15, 0.2) is 5.75 Å². The molecule has 0 aromatic heterocycles. The van der Waals surface area contributed by atoms with Crippen molar-refractivity contribution in [2.45, 2.75) is 0 Å². The molecule has 1 aliphatic heterocycles. The zero-order valence-corrected chi connectivity index (χ0v) is 33.2. The van der Waals surface area contributed by atoms with E-state index < -0.39 is 0 Å². The third kappa shape index (κ3) is 5.82. The van der Waals surface area contributed by atoms with Gasteiger partial charge in [0.25, 0.3) is 0 Å². The minimum absolute atomic E-state index is 0.848. The molecule has 0 aliphatic carbocycles. The van der Waals surface area contributed by atoms with Crippen LogP contribution in [0.25, 0.3) is 65.3 Å². The summed E-state index contributed by atoms with van der Waals surface area (Å²) in [5.74, 6) is 1.71. The summed E-state index contributed by atoms with van der Waals surface area (Å²) in [5, 5.41) is 9.68. The summed E-state index contributed by atoms with van der Waals surface area (Å²) >= 11 is 0. The van der Waals surface area contributed by atoms with Crippen molar-refractivity contribution in [2.75, 3.05) is 9.80 Å². The van der Waals surface area contributed by atoms with E-state index in [9.17, 15) is 0 Å². The van der Waals surface area contributed by atoms with Crippen molar-refractivity contribution in [1.82, 2.24) is 0 Å². The number of para-hydroxylation sites is 5. The molecule has 0 saturated carbocycles. The summed E-state index contributed by atoms with van der Waals surface area (Å²) in [6, 6.07) is 82.7. The second kappa shape index (κ2) is 14.3. The lowest BCUT2D eigenvalue weighted by Crippen LogP contribution is -2.12. The number of nitrogens with zero attached hydrogens (tertiary/aromatic N) is 2. The Morgan fingerprint density at radius 1 is 0.295 bits per heavy atom. The van der Waals surface area contributed by atoms with E-state index in [2.05, 4.69) is 240 Å². The average molecular weight is 779 g/mol. The summed E-state index contributed by atoms with van der Waals surface area (Å²) < 4.78 is 7.13. The topological polar surface area (TPSA) is 15.7 Å². The van der Waals surface area contributed by atoms with E-state index in [4.69, 9.17) is 4.74 Å². The quantitative estimate of drug-likeness (QED) is 0.150. The number of rotatable bonds is 7. The number of anilines is 6. The van der Waals surface area contributed by atoms with Crippen LogP contribution in [0.3, 0.4) is 0 Å². The highest BCUT2D eigenvalue weighted by Gasteiger charge is 2.27. The fourth-order valence-electron chi connectivity index (χ4n) is 9.44. The van der Waals surface area contributed by atoms with Crippen molar-refractivity contribution in [1.29, 1.82) is 0 Å². The third-order valence-electron chi connectivity index (χ3n) is 12.1. The van der Waals surface area contributed by atoms with Crippen LogP contribution in [0.4, 0.5) is 34.1 Å². The Kier molecular flexibility index (Phi) is 8.17. The first-order valence-corrected chi connectivity index (χ1v) is 20.8. The molecule has 0 amide bonds. The predicted octanol–water partition coefficient (Wildman–Crippen LogP) is 16.7. The van der Waals surface area contributed by atoms with E-state index in [0.29, 0.717) is 0 Å². The highest BCUT2D eigenvalue weighted by Crippen LogP contribution is 2.53. The number of hydrogen-bond acceptors (Lipinski definition) is 3. The van der Waals surface area contributed by atoms with Gasteiger partial charge in [0.05, 0.1) is 5.69 Å². The molecule has 12 rings (SSSR count). The number of hydrogen-bond donors (Lipinski definition) is 0. The van der Waals surface area contributed by atoms with Gasteiger partial charge in [-0.15, -0.1) is 0 Å². The van der Waals surface area contributed by atoms with Crippen LogP contribution in [0.5, 0.6) is 11.5 Å². The van der Waals surface area contributed by atoms with Gasteiger partial charge in [-0.1, -0.05) is 146 Å². The van der Waals surface area contributed by atoms with Crippen LogP contribution in [0.2, 0.25) is 0 Å². The molecule has 3 nitrogen and oxygen atoms in total. The first kappa shape index (κ1) is 34.9. The minimum Gasteiger partial charge on any atom is -0.454 e. The highest BCUT2D eigenvalue weighted by molar-refractivity contribution is 6.26. The van der Waals surface area contributed by atoms with Crippen LogP contribution < -0.4 is 14.5 Å². The molecule has 0 bridgehead atoms. The summed E-state index contributed by atoms with van der Waals surface area (Å²) in [6.45, 7) is 0. The average Bonchev–Trinajstić information content (AvgIpc) is 3.33. The molecular formula is C58H38N2O. The van der Waals surface area contributed by atoms with Crippen LogP contribution in [0.1, 0.15) is 0 Å². The van der Waals surface area contributed by atoms with Crippen molar-refractivity contribution in [3.63, 3.8) is 0 Å². The van der Waals surface area contributed by atoms with Crippen molar-refractivity contribution >= 4 is 77.2 Å². The van der Waals surface area contributed by atoms with Gasteiger partial charge < -0.3 is 14.5 Å². The molecule has 0 unspecified atom stereocenters. The molecule has 0 spiro atoms. The molecule has 61 heavy (non-hydrogen) atoms. The standard InChI is InChI=1S/C58H38N2O/c1-5-18-42(19-6-1)59(43-20-7-2-8-21-43)46-32-34-50-49-33-31-39(36-53(49)47-26-13-14-27-48(47)54(50)38-46)41-35-40-17-15-28-51-52-29-16-30-55(58(52)61-56(37-41)57(40)51)60(44-22-9-3-10-23-44)45-24-11-4-12-25-45/h1-38H. The molecule has 1 heterocycles. The predicted molar refractivity (Wildman–Crippen MR) is 257 cm³/mol. The number of ether oxygens (including phenoxy) is 1. The van der Waals surface area contributed by atoms with Gasteiger partial charge in [-0.3, -0.25) is 0 Å². The Bertz CT molecular complexity index is 3340. The lowest BCUT2D eigenvalue weighted by molar-refractivity contribution is 0.488. The Labute approximate surface area is 354 Å². The Hall–Kier alpha value is -8.14. The van der Waals surface area contributed by atoms with Gasteiger partial charge in [0, 0.05) is 39.4 Å². The number of fused-ring (bicyclic) bond motifs is 8. The summed E-state index contributed by atoms with van der Waals surface area (Å²) in [6.07, 6.45) is 0. The first-order chi connectivity index (χ1) is 30.3.